The van der Waals surface area contributed by atoms with E-state index in [-0.39, 0.29) is 12.8 Å². The van der Waals surface area contributed by atoms with E-state index in [0.29, 0.717) is 32.1 Å². The largest absolute Gasteiger partial charge is 0.472 e. The van der Waals surface area contributed by atoms with E-state index in [0.717, 1.165) is 38.0 Å². The summed E-state index contributed by atoms with van der Waals surface area (Å²) >= 11 is 0. The molecule has 5 N–H and O–H groups in total. The lowest BCUT2D eigenvalue weighted by molar-refractivity contribution is -0.161. The highest BCUT2D eigenvalue weighted by molar-refractivity contribution is 7.47. The Hall–Kier alpha value is -2.22. The maximum atomic E-state index is 12.7. The van der Waals surface area contributed by atoms with E-state index < -0.39 is 72.3 Å². The smallest absolute Gasteiger partial charge is 0.462 e. The quantitative estimate of drug-likeness (QED) is 0.0127. The van der Waals surface area contributed by atoms with Gasteiger partial charge in [-0.15, -0.1) is 0 Å². The van der Waals surface area contributed by atoms with Gasteiger partial charge in [-0.3, -0.25) is 23.2 Å². The predicted octanol–water partition coefficient (Wildman–Crippen LogP) is 10.4. The molecule has 0 bridgehead atoms. The number of phosphoric acid groups is 2. The number of ether oxygens (including phenoxy) is 2. The van der Waals surface area contributed by atoms with Gasteiger partial charge in [0.2, 0.25) is 0 Å². The summed E-state index contributed by atoms with van der Waals surface area (Å²) in [6.45, 7) is 3.81. The summed E-state index contributed by atoms with van der Waals surface area (Å²) in [5.74, 6) is -0.342. The lowest BCUT2D eigenvalue weighted by Gasteiger charge is -2.20. The predicted molar refractivity (Wildman–Crippen MR) is 240 cm³/mol. The van der Waals surface area contributed by atoms with Crippen LogP contribution < -0.4 is 0 Å². The van der Waals surface area contributed by atoms with E-state index in [4.69, 9.17) is 23.8 Å². The van der Waals surface area contributed by atoms with Gasteiger partial charge >= 0.3 is 27.6 Å². The second-order valence-corrected chi connectivity index (χ2v) is 18.3. The first-order valence-electron chi connectivity index (χ1n) is 22.4. The molecular weight excluding hydrogens is 826 g/mol. The van der Waals surface area contributed by atoms with Gasteiger partial charge in [0.1, 0.15) is 12.7 Å². The topological polar surface area (TPSA) is 216 Å². The van der Waals surface area contributed by atoms with Crippen molar-refractivity contribution < 1.29 is 66.7 Å². The van der Waals surface area contributed by atoms with Gasteiger partial charge in [0, 0.05) is 12.8 Å². The van der Waals surface area contributed by atoms with Crippen molar-refractivity contribution in [3.63, 3.8) is 0 Å². The summed E-state index contributed by atoms with van der Waals surface area (Å²) < 4.78 is 47.7. The van der Waals surface area contributed by atoms with Crippen molar-refractivity contribution in [1.82, 2.24) is 0 Å². The number of carbonyl (C=O) groups excluding carboxylic acids is 2. The van der Waals surface area contributed by atoms with E-state index in [9.17, 15) is 33.8 Å². The molecule has 61 heavy (non-hydrogen) atoms. The van der Waals surface area contributed by atoms with Crippen LogP contribution in [0.2, 0.25) is 0 Å². The van der Waals surface area contributed by atoms with Crippen LogP contribution in [0.5, 0.6) is 0 Å². The molecule has 0 aliphatic rings. The summed E-state index contributed by atoms with van der Waals surface area (Å²) in [4.78, 5) is 52.7. The van der Waals surface area contributed by atoms with Crippen molar-refractivity contribution in [2.75, 3.05) is 26.4 Å². The standard InChI is InChI=1S/C45H80O14P2/c1-4-5-6-7-22-27-32-41(46)33-28-23-18-15-16-20-25-30-35-45(49)59-43(39-58-61(53,54)57-37-42(47)36-56-60(50,51)52)38-55-44(48)34-29-24-19-14-12-10-8-9-11-13-17-21-26-31-40(2)3/h5-6,16,18,20,22-23,27-28,33,40-43,46-47H,4,7-15,17,19,21,24-26,29-32,34-39H2,1-3H3,(H,53,54)(H2,50,51,52)/b6-5-,20-16-,23-18-,27-22-,33-28+/t41?,42-,43+/m0/s1. The first-order valence-corrected chi connectivity index (χ1v) is 25.5. The summed E-state index contributed by atoms with van der Waals surface area (Å²) in [6, 6.07) is 0. The molecule has 0 radical (unpaired) electrons. The van der Waals surface area contributed by atoms with Crippen LogP contribution in [0.3, 0.4) is 0 Å². The van der Waals surface area contributed by atoms with E-state index in [1.807, 2.05) is 36.5 Å². The molecular formula is C45H80O14P2. The Morgan fingerprint density at radius 1 is 0.590 bits per heavy atom. The van der Waals surface area contributed by atoms with Crippen molar-refractivity contribution in [2.45, 2.75) is 180 Å². The Labute approximate surface area is 366 Å². The fourth-order valence-electron chi connectivity index (χ4n) is 5.77. The molecule has 0 aromatic rings. The number of carbonyl (C=O) groups is 2. The van der Waals surface area contributed by atoms with Crippen molar-refractivity contribution >= 4 is 27.6 Å². The molecule has 354 valence electrons. The zero-order chi connectivity index (χ0) is 45.5. The molecule has 0 fully saturated rings. The Morgan fingerprint density at radius 3 is 1.75 bits per heavy atom. The van der Waals surface area contributed by atoms with Gasteiger partial charge in [0.15, 0.2) is 6.10 Å². The number of unbranched alkanes of at least 4 members (excludes halogenated alkanes) is 13. The number of aliphatic hydroxyl groups is 2. The summed E-state index contributed by atoms with van der Waals surface area (Å²) in [5, 5.41) is 19.8. The molecule has 0 aromatic carbocycles. The highest BCUT2D eigenvalue weighted by atomic mass is 31.2. The highest BCUT2D eigenvalue weighted by Gasteiger charge is 2.28. The number of hydrogen-bond donors (Lipinski definition) is 5. The van der Waals surface area contributed by atoms with Crippen molar-refractivity contribution in [3.8, 4) is 0 Å². The average molecular weight is 907 g/mol. The minimum absolute atomic E-state index is 0.0200. The monoisotopic (exact) mass is 907 g/mol. The van der Waals surface area contributed by atoms with E-state index in [1.54, 1.807) is 12.2 Å². The second kappa shape index (κ2) is 39.4. The second-order valence-electron chi connectivity index (χ2n) is 15.6. The molecule has 0 aliphatic carbocycles. The molecule has 2 unspecified atom stereocenters. The fourth-order valence-corrected chi connectivity index (χ4v) is 6.93. The molecule has 0 aliphatic heterocycles. The number of rotatable bonds is 41. The third-order valence-corrected chi connectivity index (χ3v) is 10.6. The normalized spacial score (nSPS) is 15.2. The molecule has 14 nitrogen and oxygen atoms in total. The Bertz CT molecular complexity index is 1340. The summed E-state index contributed by atoms with van der Waals surface area (Å²) in [6.07, 6.45) is 36.8. The van der Waals surface area contributed by atoms with Crippen LogP contribution in [0.1, 0.15) is 162 Å². The van der Waals surface area contributed by atoms with Crippen LogP contribution in [0.25, 0.3) is 0 Å². The molecule has 16 heteroatoms. The molecule has 0 aromatic heterocycles. The Kier molecular flexibility index (Phi) is 37.9. The highest BCUT2D eigenvalue weighted by Crippen LogP contribution is 2.43. The zero-order valence-corrected chi connectivity index (χ0v) is 39.1. The van der Waals surface area contributed by atoms with Crippen LogP contribution in [0.4, 0.5) is 0 Å². The molecule has 0 amide bonds. The number of esters is 2. The lowest BCUT2D eigenvalue weighted by atomic mass is 10.0. The maximum Gasteiger partial charge on any atom is 0.472 e. The van der Waals surface area contributed by atoms with Gasteiger partial charge in [-0.25, -0.2) is 9.13 Å². The van der Waals surface area contributed by atoms with Crippen LogP contribution in [0.15, 0.2) is 60.8 Å². The first-order chi connectivity index (χ1) is 29.1. The van der Waals surface area contributed by atoms with Crippen LogP contribution in [-0.2, 0) is 41.8 Å². The Morgan fingerprint density at radius 2 is 1.13 bits per heavy atom. The van der Waals surface area contributed by atoms with E-state index >= 15 is 0 Å². The SMILES string of the molecule is CC/C=C\C/C=C\CC(O)/C=C/C=C\C/C=C\CCCC(=O)O[C@H](COC(=O)CCCCCCCCCCCCCCCC(C)C)COP(=O)(O)OC[C@@H](O)COP(=O)(O)O. The van der Waals surface area contributed by atoms with Crippen LogP contribution in [0, 0.1) is 5.92 Å². The molecule has 0 saturated heterocycles. The summed E-state index contributed by atoms with van der Waals surface area (Å²) in [5.41, 5.74) is 0. The van der Waals surface area contributed by atoms with Gasteiger partial charge in [-0.05, 0) is 50.9 Å². The van der Waals surface area contributed by atoms with Crippen molar-refractivity contribution in [1.29, 1.82) is 0 Å². The fraction of sp³-hybridized carbons (Fsp3) is 0.733. The average Bonchev–Trinajstić information content (AvgIpc) is 3.20. The number of hydrogen-bond acceptors (Lipinski definition) is 11. The van der Waals surface area contributed by atoms with Gasteiger partial charge < -0.3 is 34.4 Å². The maximum absolute atomic E-state index is 12.7. The minimum atomic E-state index is -4.88. The van der Waals surface area contributed by atoms with Gasteiger partial charge in [0.05, 0.1) is 25.9 Å². The molecule has 0 saturated carbocycles. The Balaban J connectivity index is 4.65. The van der Waals surface area contributed by atoms with E-state index in [1.165, 1.54) is 64.2 Å². The molecule has 0 rings (SSSR count). The number of phosphoric ester groups is 2. The zero-order valence-electron chi connectivity index (χ0n) is 37.3. The third kappa shape index (κ3) is 44.2. The van der Waals surface area contributed by atoms with Gasteiger partial charge in [-0.1, -0.05) is 165 Å². The van der Waals surface area contributed by atoms with Crippen LogP contribution in [-0.4, -0.2) is 81.6 Å². The van der Waals surface area contributed by atoms with Crippen molar-refractivity contribution in [2.24, 2.45) is 5.92 Å². The first kappa shape index (κ1) is 58.8. The number of aliphatic hydroxyl groups excluding tert-OH is 2. The molecule has 0 spiro atoms. The van der Waals surface area contributed by atoms with Gasteiger partial charge in [-0.2, -0.15) is 0 Å². The van der Waals surface area contributed by atoms with Gasteiger partial charge in [0.25, 0.3) is 0 Å². The van der Waals surface area contributed by atoms with Crippen LogP contribution >= 0.6 is 15.6 Å². The van der Waals surface area contributed by atoms with E-state index in [2.05, 4.69) is 42.0 Å². The summed E-state index contributed by atoms with van der Waals surface area (Å²) in [7, 11) is -9.72. The molecule has 4 atom stereocenters. The number of allylic oxidation sites excluding steroid dienone is 8. The van der Waals surface area contributed by atoms with Crippen molar-refractivity contribution in [3.05, 3.63) is 60.8 Å². The lowest BCUT2D eigenvalue weighted by Crippen LogP contribution is -2.29. The molecule has 0 heterocycles. The third-order valence-electron chi connectivity index (χ3n) is 9.17. The minimum Gasteiger partial charge on any atom is -0.462 e.